The summed E-state index contributed by atoms with van der Waals surface area (Å²) in [6.45, 7) is 1.79. The molecule has 0 unspecified atom stereocenters. The number of carboxylic acids is 1. The summed E-state index contributed by atoms with van der Waals surface area (Å²) in [6, 6.07) is 1.73. The first kappa shape index (κ1) is 11.1. The number of carboxylic acid groups (broad SMARTS) is 1. The molecule has 0 saturated heterocycles. The fraction of sp³-hybridized carbons (Fsp3) is 0.111. The van der Waals surface area contributed by atoms with Gasteiger partial charge in [-0.15, -0.1) is 11.3 Å². The third-order valence-electron chi connectivity index (χ3n) is 2.02. The Labute approximate surface area is 99.7 Å². The number of aryl methyl sites for hydroxylation is 1. The van der Waals surface area contributed by atoms with Crippen molar-refractivity contribution < 1.29 is 9.90 Å². The Hall–Kier alpha value is -2.40. The van der Waals surface area contributed by atoms with E-state index in [1.807, 2.05) is 0 Å². The number of anilines is 1. The molecule has 7 nitrogen and oxygen atoms in total. The second-order valence-electron chi connectivity index (χ2n) is 3.21. The van der Waals surface area contributed by atoms with E-state index in [1.165, 1.54) is 16.0 Å². The molecular weight excluding hydrogens is 242 g/mol. The maximum atomic E-state index is 10.9. The van der Waals surface area contributed by atoms with Crippen LogP contribution in [0.3, 0.4) is 0 Å². The fourth-order valence-corrected chi connectivity index (χ4v) is 2.04. The quantitative estimate of drug-likeness (QED) is 0.812. The van der Waals surface area contributed by atoms with E-state index < -0.39 is 5.97 Å². The Balaban J connectivity index is 2.65. The molecule has 0 aromatic carbocycles. The van der Waals surface area contributed by atoms with Crippen molar-refractivity contribution in [1.29, 1.82) is 5.26 Å². The van der Waals surface area contributed by atoms with Crippen molar-refractivity contribution in [3.05, 3.63) is 22.3 Å². The van der Waals surface area contributed by atoms with E-state index in [4.69, 9.17) is 16.1 Å². The SMILES string of the molecule is Cc1csc(-n2nc(C(=O)O)c(C#N)c2N)n1. The number of nitriles is 1. The van der Waals surface area contributed by atoms with Crippen LogP contribution in [0.25, 0.3) is 5.13 Å². The molecule has 0 saturated carbocycles. The maximum absolute atomic E-state index is 10.9. The molecule has 0 aliphatic heterocycles. The number of rotatable bonds is 2. The van der Waals surface area contributed by atoms with Gasteiger partial charge in [-0.3, -0.25) is 0 Å². The highest BCUT2D eigenvalue weighted by molar-refractivity contribution is 7.12. The number of carbonyl (C=O) groups is 1. The molecule has 2 heterocycles. The average molecular weight is 249 g/mol. The van der Waals surface area contributed by atoms with E-state index in [2.05, 4.69) is 10.1 Å². The van der Waals surface area contributed by atoms with Gasteiger partial charge in [-0.05, 0) is 6.92 Å². The fourth-order valence-electron chi connectivity index (χ4n) is 1.28. The summed E-state index contributed by atoms with van der Waals surface area (Å²) in [4.78, 5) is 15.0. The lowest BCUT2D eigenvalue weighted by Gasteiger charge is -1.96. The Kier molecular flexibility index (Phi) is 2.53. The van der Waals surface area contributed by atoms with Gasteiger partial charge in [-0.1, -0.05) is 0 Å². The Bertz CT molecular complexity index is 636. The predicted molar refractivity (Wildman–Crippen MR) is 60.1 cm³/mol. The van der Waals surface area contributed by atoms with E-state index in [-0.39, 0.29) is 17.1 Å². The maximum Gasteiger partial charge on any atom is 0.357 e. The zero-order valence-corrected chi connectivity index (χ0v) is 9.52. The zero-order valence-electron chi connectivity index (χ0n) is 8.71. The molecule has 8 heteroatoms. The first-order valence-electron chi connectivity index (χ1n) is 4.49. The number of nitrogens with zero attached hydrogens (tertiary/aromatic N) is 4. The van der Waals surface area contributed by atoms with Gasteiger partial charge in [-0.25, -0.2) is 9.78 Å². The number of aromatic nitrogens is 3. The summed E-state index contributed by atoms with van der Waals surface area (Å²) in [5, 5.41) is 23.7. The molecular formula is C9H7N5O2S. The number of hydrogen-bond acceptors (Lipinski definition) is 6. The summed E-state index contributed by atoms with van der Waals surface area (Å²) in [6.07, 6.45) is 0. The van der Waals surface area contributed by atoms with Crippen LogP contribution in [0.4, 0.5) is 5.82 Å². The predicted octanol–water partition coefficient (Wildman–Crippen LogP) is 0.789. The summed E-state index contributed by atoms with van der Waals surface area (Å²) in [5.74, 6) is -1.31. The monoisotopic (exact) mass is 249 g/mol. The Morgan fingerprint density at radius 3 is 2.82 bits per heavy atom. The van der Waals surface area contributed by atoms with Gasteiger partial charge in [0.05, 0.1) is 5.69 Å². The van der Waals surface area contributed by atoms with Crippen LogP contribution in [-0.4, -0.2) is 25.8 Å². The van der Waals surface area contributed by atoms with Crippen LogP contribution in [0.5, 0.6) is 0 Å². The largest absolute Gasteiger partial charge is 0.476 e. The van der Waals surface area contributed by atoms with Gasteiger partial charge in [0.15, 0.2) is 5.69 Å². The molecule has 86 valence electrons. The Morgan fingerprint density at radius 1 is 1.71 bits per heavy atom. The first-order chi connectivity index (χ1) is 8.04. The molecule has 0 spiro atoms. The number of nitrogen functional groups attached to an aromatic ring is 1. The highest BCUT2D eigenvalue weighted by Gasteiger charge is 2.22. The van der Waals surface area contributed by atoms with Crippen LogP contribution in [0.15, 0.2) is 5.38 Å². The minimum absolute atomic E-state index is 0.0146. The van der Waals surface area contributed by atoms with Crippen molar-refractivity contribution in [3.63, 3.8) is 0 Å². The van der Waals surface area contributed by atoms with Crippen molar-refractivity contribution in [2.24, 2.45) is 0 Å². The normalized spacial score (nSPS) is 10.1. The molecule has 17 heavy (non-hydrogen) atoms. The standard InChI is InChI=1S/C9H7N5O2S/c1-4-3-17-9(12-4)14-7(11)5(2-10)6(13-14)8(15)16/h3H,11H2,1H3,(H,15,16). The van der Waals surface area contributed by atoms with Gasteiger partial charge in [0.1, 0.15) is 17.5 Å². The minimum Gasteiger partial charge on any atom is -0.476 e. The van der Waals surface area contributed by atoms with Crippen LogP contribution >= 0.6 is 11.3 Å². The molecule has 0 radical (unpaired) electrons. The van der Waals surface area contributed by atoms with E-state index in [1.54, 1.807) is 18.4 Å². The van der Waals surface area contributed by atoms with Crippen LogP contribution in [0, 0.1) is 18.3 Å². The van der Waals surface area contributed by atoms with Gasteiger partial charge in [0.25, 0.3) is 0 Å². The third-order valence-corrected chi connectivity index (χ3v) is 2.96. The molecule has 0 bridgehead atoms. The summed E-state index contributed by atoms with van der Waals surface area (Å²) >= 11 is 1.27. The van der Waals surface area contributed by atoms with Crippen molar-refractivity contribution in [3.8, 4) is 11.2 Å². The molecule has 0 aliphatic carbocycles. The number of thiazole rings is 1. The van der Waals surface area contributed by atoms with Gasteiger partial charge >= 0.3 is 5.97 Å². The van der Waals surface area contributed by atoms with Crippen LogP contribution < -0.4 is 5.73 Å². The van der Waals surface area contributed by atoms with Gasteiger partial charge in [0.2, 0.25) is 5.13 Å². The number of hydrogen-bond donors (Lipinski definition) is 2. The molecule has 2 rings (SSSR count). The highest BCUT2D eigenvalue weighted by Crippen LogP contribution is 2.22. The molecule has 3 N–H and O–H groups in total. The third kappa shape index (κ3) is 1.72. The van der Waals surface area contributed by atoms with E-state index >= 15 is 0 Å². The van der Waals surface area contributed by atoms with Gasteiger partial charge < -0.3 is 10.8 Å². The summed E-state index contributed by atoms with van der Waals surface area (Å²) < 4.78 is 1.17. The van der Waals surface area contributed by atoms with E-state index in [0.717, 1.165) is 5.69 Å². The topological polar surface area (TPSA) is 118 Å². The van der Waals surface area contributed by atoms with Crippen molar-refractivity contribution >= 4 is 23.1 Å². The lowest BCUT2D eigenvalue weighted by Crippen LogP contribution is -2.03. The van der Waals surface area contributed by atoms with Crippen molar-refractivity contribution in [2.45, 2.75) is 6.92 Å². The molecule has 2 aromatic heterocycles. The Morgan fingerprint density at radius 2 is 2.41 bits per heavy atom. The summed E-state index contributed by atoms with van der Waals surface area (Å²) in [7, 11) is 0. The lowest BCUT2D eigenvalue weighted by molar-refractivity contribution is 0.0689. The van der Waals surface area contributed by atoms with Crippen LogP contribution in [0.2, 0.25) is 0 Å². The number of nitrogens with two attached hydrogens (primary N) is 1. The minimum atomic E-state index is -1.29. The molecule has 0 atom stereocenters. The molecule has 0 aliphatic rings. The van der Waals surface area contributed by atoms with Gasteiger partial charge in [-0.2, -0.15) is 15.0 Å². The van der Waals surface area contributed by atoms with Crippen molar-refractivity contribution in [2.75, 3.05) is 5.73 Å². The van der Waals surface area contributed by atoms with Gasteiger partial charge in [0, 0.05) is 5.38 Å². The van der Waals surface area contributed by atoms with Crippen molar-refractivity contribution in [1.82, 2.24) is 14.8 Å². The lowest BCUT2D eigenvalue weighted by atomic mass is 10.2. The smallest absolute Gasteiger partial charge is 0.357 e. The molecule has 0 fully saturated rings. The summed E-state index contributed by atoms with van der Waals surface area (Å²) in [5.41, 5.74) is 5.94. The zero-order chi connectivity index (χ0) is 12.6. The van der Waals surface area contributed by atoms with Crippen LogP contribution in [-0.2, 0) is 0 Å². The molecule has 0 amide bonds. The van der Waals surface area contributed by atoms with E-state index in [9.17, 15) is 4.79 Å². The van der Waals surface area contributed by atoms with Crippen LogP contribution in [0.1, 0.15) is 21.7 Å². The van der Waals surface area contributed by atoms with E-state index in [0.29, 0.717) is 5.13 Å². The second kappa shape index (κ2) is 3.88. The average Bonchev–Trinajstić information content (AvgIpc) is 2.82. The molecule has 2 aromatic rings. The number of aromatic carboxylic acids is 1. The highest BCUT2D eigenvalue weighted by atomic mass is 32.1. The first-order valence-corrected chi connectivity index (χ1v) is 5.37. The second-order valence-corrected chi connectivity index (χ2v) is 4.05.